The summed E-state index contributed by atoms with van der Waals surface area (Å²) in [5.74, 6) is 0.498. The third kappa shape index (κ3) is 5.20. The number of benzene rings is 4. The Bertz CT molecular complexity index is 1450. The van der Waals surface area contributed by atoms with Crippen molar-refractivity contribution in [2.24, 2.45) is 4.99 Å². The molecular weight excluding hydrogens is 532 g/mol. The van der Waals surface area contributed by atoms with Gasteiger partial charge in [0.25, 0.3) is 5.91 Å². The molecule has 1 N–H and O–H groups in total. The number of thioether (sulfide) groups is 1. The predicted molar refractivity (Wildman–Crippen MR) is 145 cm³/mol. The van der Waals surface area contributed by atoms with E-state index in [1.807, 2.05) is 42.5 Å². The third-order valence-corrected chi connectivity index (χ3v) is 6.88. The van der Waals surface area contributed by atoms with E-state index >= 15 is 0 Å². The Hall–Kier alpha value is -3.06. The van der Waals surface area contributed by atoms with Gasteiger partial charge in [-0.2, -0.15) is 0 Å². The quantitative estimate of drug-likeness (QED) is 0.259. The van der Waals surface area contributed by atoms with E-state index in [2.05, 4.69) is 50.5 Å². The van der Waals surface area contributed by atoms with Crippen molar-refractivity contribution in [2.75, 3.05) is 0 Å². The monoisotopic (exact) mass is 548 g/mol. The molecule has 1 saturated heterocycles. The van der Waals surface area contributed by atoms with Gasteiger partial charge >= 0.3 is 0 Å². The van der Waals surface area contributed by atoms with Crippen LogP contribution in [0.25, 0.3) is 16.8 Å². The van der Waals surface area contributed by atoms with Crippen LogP contribution in [0.1, 0.15) is 11.1 Å². The number of carbonyl (C=O) groups is 1. The molecule has 0 spiro atoms. The van der Waals surface area contributed by atoms with Gasteiger partial charge in [-0.1, -0.05) is 70.0 Å². The Morgan fingerprint density at radius 1 is 1.00 bits per heavy atom. The highest BCUT2D eigenvalue weighted by atomic mass is 79.9. The van der Waals surface area contributed by atoms with Crippen LogP contribution in [0.15, 0.2) is 99.3 Å². The molecule has 0 saturated carbocycles. The molecule has 1 fully saturated rings. The number of carbonyl (C=O) groups excluding carboxylic acids is 1. The predicted octanol–water partition coefficient (Wildman–Crippen LogP) is 7.73. The van der Waals surface area contributed by atoms with Gasteiger partial charge in [0, 0.05) is 15.1 Å². The summed E-state index contributed by atoms with van der Waals surface area (Å²) in [6.07, 6.45) is 1.83. The van der Waals surface area contributed by atoms with Gasteiger partial charge in [0.2, 0.25) is 0 Å². The van der Waals surface area contributed by atoms with Gasteiger partial charge in [0.1, 0.15) is 12.4 Å². The van der Waals surface area contributed by atoms with Crippen molar-refractivity contribution in [3.63, 3.8) is 0 Å². The van der Waals surface area contributed by atoms with Crippen LogP contribution in [0.3, 0.4) is 0 Å². The van der Waals surface area contributed by atoms with Crippen molar-refractivity contribution in [3.8, 4) is 5.75 Å². The van der Waals surface area contributed by atoms with Gasteiger partial charge in [-0.3, -0.25) is 4.79 Å². The second-order valence-corrected chi connectivity index (χ2v) is 9.95. The molecule has 168 valence electrons. The van der Waals surface area contributed by atoms with E-state index in [9.17, 15) is 4.79 Å². The van der Waals surface area contributed by atoms with E-state index in [1.54, 1.807) is 24.3 Å². The van der Waals surface area contributed by atoms with Gasteiger partial charge in [-0.05, 0) is 76.6 Å². The minimum Gasteiger partial charge on any atom is -0.488 e. The number of fused-ring (bicyclic) bond motifs is 1. The van der Waals surface area contributed by atoms with E-state index in [4.69, 9.17) is 16.3 Å². The molecule has 0 unspecified atom stereocenters. The topological polar surface area (TPSA) is 50.7 Å². The fourth-order valence-corrected chi connectivity index (χ4v) is 4.93. The number of hydrogen-bond acceptors (Lipinski definition) is 4. The number of ether oxygens (including phenoxy) is 1. The zero-order valence-electron chi connectivity index (χ0n) is 17.8. The molecule has 0 aromatic heterocycles. The van der Waals surface area contributed by atoms with E-state index in [1.165, 1.54) is 17.1 Å². The van der Waals surface area contributed by atoms with Gasteiger partial charge in [-0.25, -0.2) is 4.99 Å². The Balaban J connectivity index is 1.39. The number of rotatable bonds is 5. The minimum atomic E-state index is -0.197. The van der Waals surface area contributed by atoms with Crippen LogP contribution in [-0.2, 0) is 11.4 Å². The molecule has 34 heavy (non-hydrogen) atoms. The second kappa shape index (κ2) is 10.1. The largest absolute Gasteiger partial charge is 0.488 e. The summed E-state index contributed by atoms with van der Waals surface area (Å²) in [5.41, 5.74) is 2.63. The summed E-state index contributed by atoms with van der Waals surface area (Å²) in [4.78, 5) is 17.6. The van der Waals surface area contributed by atoms with Gasteiger partial charge in [0.05, 0.1) is 10.6 Å². The molecule has 1 heterocycles. The Labute approximate surface area is 214 Å². The Morgan fingerprint density at radius 2 is 1.79 bits per heavy atom. The number of nitrogens with zero attached hydrogens (tertiary/aromatic N) is 1. The average Bonchev–Trinajstić information content (AvgIpc) is 3.18. The van der Waals surface area contributed by atoms with E-state index < -0.39 is 0 Å². The molecular formula is C27H18BrClN2O2S. The van der Waals surface area contributed by atoms with Gasteiger partial charge < -0.3 is 10.1 Å². The highest BCUT2D eigenvalue weighted by molar-refractivity contribution is 9.10. The molecule has 0 atom stereocenters. The lowest BCUT2D eigenvalue weighted by Crippen LogP contribution is -2.19. The molecule has 1 aliphatic heterocycles. The molecule has 0 bridgehead atoms. The van der Waals surface area contributed by atoms with Crippen molar-refractivity contribution in [2.45, 2.75) is 6.61 Å². The van der Waals surface area contributed by atoms with Crippen molar-refractivity contribution < 1.29 is 9.53 Å². The van der Waals surface area contributed by atoms with E-state index in [-0.39, 0.29) is 5.91 Å². The molecule has 1 aliphatic rings. The molecule has 5 rings (SSSR count). The molecule has 0 aliphatic carbocycles. The maximum absolute atomic E-state index is 12.6. The van der Waals surface area contributed by atoms with Crippen LogP contribution >= 0.6 is 39.3 Å². The van der Waals surface area contributed by atoms with Crippen LogP contribution in [0.4, 0.5) is 5.69 Å². The smallest absolute Gasteiger partial charge is 0.264 e. The zero-order chi connectivity index (χ0) is 23.5. The number of nitrogens with one attached hydrogen (secondary N) is 1. The molecule has 7 heteroatoms. The first-order valence-corrected chi connectivity index (χ1v) is 12.5. The highest BCUT2D eigenvalue weighted by Crippen LogP contribution is 2.33. The minimum absolute atomic E-state index is 0.197. The molecule has 4 aromatic carbocycles. The first-order chi connectivity index (χ1) is 16.5. The van der Waals surface area contributed by atoms with E-state index in [0.717, 1.165) is 26.7 Å². The third-order valence-electron chi connectivity index (χ3n) is 5.23. The van der Waals surface area contributed by atoms with Crippen LogP contribution in [0, 0.1) is 0 Å². The average molecular weight is 550 g/mol. The summed E-state index contributed by atoms with van der Waals surface area (Å²) in [7, 11) is 0. The van der Waals surface area contributed by atoms with Crippen molar-refractivity contribution >= 4 is 72.9 Å². The van der Waals surface area contributed by atoms with Crippen molar-refractivity contribution in [3.05, 3.63) is 110 Å². The first-order valence-electron chi connectivity index (χ1n) is 10.5. The Kier molecular flexibility index (Phi) is 6.72. The van der Waals surface area contributed by atoms with Crippen LogP contribution in [0.5, 0.6) is 5.75 Å². The summed E-state index contributed by atoms with van der Waals surface area (Å²) in [6.45, 7) is 0.418. The fraction of sp³-hybridized carbons (Fsp3) is 0.0370. The number of amides is 1. The van der Waals surface area contributed by atoms with Gasteiger partial charge in [0.15, 0.2) is 5.17 Å². The highest BCUT2D eigenvalue weighted by Gasteiger charge is 2.24. The standard InChI is InChI=1S/C27H18BrClN2O2S/c28-20-8-13-24(33-16-18-6-3-5-17-4-1-2-7-23(17)18)19(14-20)15-25-26(32)31-27(34-25)30-22-11-9-21(29)10-12-22/h1-15H,16H2,(H,30,31,32)/b25-15-. The van der Waals surface area contributed by atoms with Crippen molar-refractivity contribution in [1.29, 1.82) is 0 Å². The molecule has 4 nitrogen and oxygen atoms in total. The van der Waals surface area contributed by atoms with Crippen LogP contribution in [-0.4, -0.2) is 11.1 Å². The maximum atomic E-state index is 12.6. The van der Waals surface area contributed by atoms with Crippen molar-refractivity contribution in [1.82, 2.24) is 5.32 Å². The summed E-state index contributed by atoms with van der Waals surface area (Å²) in [6, 6.07) is 27.3. The normalized spacial score (nSPS) is 15.8. The SMILES string of the molecule is O=C1NC(=Nc2ccc(Cl)cc2)S/C1=C\c1cc(Br)ccc1OCc1cccc2ccccc12. The molecule has 1 amide bonds. The molecule has 0 radical (unpaired) electrons. The maximum Gasteiger partial charge on any atom is 0.264 e. The number of halogens is 2. The lowest BCUT2D eigenvalue weighted by atomic mass is 10.1. The summed E-state index contributed by atoms with van der Waals surface area (Å²) >= 11 is 10.8. The van der Waals surface area contributed by atoms with Crippen LogP contribution < -0.4 is 10.1 Å². The fourth-order valence-electron chi connectivity index (χ4n) is 3.59. The lowest BCUT2D eigenvalue weighted by molar-refractivity contribution is -0.115. The van der Waals surface area contributed by atoms with Crippen LogP contribution in [0.2, 0.25) is 5.02 Å². The van der Waals surface area contributed by atoms with E-state index in [0.29, 0.717) is 27.5 Å². The lowest BCUT2D eigenvalue weighted by Gasteiger charge is -2.12. The first kappa shape index (κ1) is 22.7. The number of amidine groups is 1. The zero-order valence-corrected chi connectivity index (χ0v) is 21.0. The second-order valence-electron chi connectivity index (χ2n) is 7.57. The number of aliphatic imine (C=N–C) groups is 1. The summed E-state index contributed by atoms with van der Waals surface area (Å²) in [5, 5.41) is 6.31. The molecule has 4 aromatic rings. The summed E-state index contributed by atoms with van der Waals surface area (Å²) < 4.78 is 7.11. The van der Waals surface area contributed by atoms with Gasteiger partial charge in [-0.15, -0.1) is 0 Å². The Morgan fingerprint density at radius 3 is 2.65 bits per heavy atom. The number of hydrogen-bond donors (Lipinski definition) is 1.